The standard InChI is InChI=1S/C12H15ClFNO/c1-16-11-7-10(14)9(13)6-8(11)2-3-12(15)4-5-12/h6-7H,2-5,15H2,1H3. The third-order valence-corrected chi connectivity index (χ3v) is 3.40. The van der Waals surface area contributed by atoms with Crippen LogP contribution >= 0.6 is 11.6 Å². The molecule has 2 rings (SSSR count). The monoisotopic (exact) mass is 243 g/mol. The molecule has 2 nitrogen and oxygen atoms in total. The number of nitrogens with two attached hydrogens (primary N) is 1. The lowest BCUT2D eigenvalue weighted by atomic mass is 10.0. The first kappa shape index (κ1) is 11.7. The molecule has 0 radical (unpaired) electrons. The van der Waals surface area contributed by atoms with Gasteiger partial charge in [-0.3, -0.25) is 0 Å². The number of hydrogen-bond donors (Lipinski definition) is 1. The highest BCUT2D eigenvalue weighted by Crippen LogP contribution is 2.38. The summed E-state index contributed by atoms with van der Waals surface area (Å²) in [6.45, 7) is 0. The van der Waals surface area contributed by atoms with Crippen molar-refractivity contribution in [3.63, 3.8) is 0 Å². The van der Waals surface area contributed by atoms with Gasteiger partial charge in [-0.1, -0.05) is 11.6 Å². The van der Waals surface area contributed by atoms with E-state index in [2.05, 4.69) is 0 Å². The van der Waals surface area contributed by atoms with Crippen LogP contribution in [0.25, 0.3) is 0 Å². The second-order valence-electron chi connectivity index (χ2n) is 4.44. The molecule has 1 saturated carbocycles. The van der Waals surface area contributed by atoms with Crippen molar-refractivity contribution in [2.45, 2.75) is 31.2 Å². The van der Waals surface area contributed by atoms with Crippen molar-refractivity contribution in [1.29, 1.82) is 0 Å². The Morgan fingerprint density at radius 1 is 1.50 bits per heavy atom. The minimum atomic E-state index is -0.448. The minimum absolute atomic E-state index is 0.00806. The van der Waals surface area contributed by atoms with E-state index in [1.165, 1.54) is 13.2 Å². The van der Waals surface area contributed by atoms with Gasteiger partial charge in [0.2, 0.25) is 0 Å². The van der Waals surface area contributed by atoms with E-state index in [0.717, 1.165) is 31.2 Å². The van der Waals surface area contributed by atoms with E-state index < -0.39 is 5.82 Å². The molecule has 0 bridgehead atoms. The fourth-order valence-electron chi connectivity index (χ4n) is 1.75. The Bertz CT molecular complexity index is 404. The Balaban J connectivity index is 2.14. The van der Waals surface area contributed by atoms with Crippen LogP contribution in [-0.4, -0.2) is 12.6 Å². The summed E-state index contributed by atoms with van der Waals surface area (Å²) in [5, 5.41) is 0.137. The van der Waals surface area contributed by atoms with Gasteiger partial charge in [-0.15, -0.1) is 0 Å². The topological polar surface area (TPSA) is 35.2 Å². The zero-order valence-corrected chi connectivity index (χ0v) is 9.98. The van der Waals surface area contributed by atoms with Crippen molar-refractivity contribution in [3.8, 4) is 5.75 Å². The van der Waals surface area contributed by atoms with Gasteiger partial charge in [-0.25, -0.2) is 4.39 Å². The van der Waals surface area contributed by atoms with E-state index in [-0.39, 0.29) is 10.6 Å². The molecule has 1 fully saturated rings. The highest BCUT2D eigenvalue weighted by atomic mass is 35.5. The molecule has 0 amide bonds. The molecule has 4 heteroatoms. The average molecular weight is 244 g/mol. The third kappa shape index (κ3) is 2.47. The summed E-state index contributed by atoms with van der Waals surface area (Å²) in [5.74, 6) is 0.0994. The Labute approximate surface area is 99.5 Å². The number of ether oxygens (including phenoxy) is 1. The van der Waals surface area contributed by atoms with Crippen LogP contribution in [0.4, 0.5) is 4.39 Å². The molecule has 16 heavy (non-hydrogen) atoms. The average Bonchev–Trinajstić information content (AvgIpc) is 2.98. The second kappa shape index (κ2) is 4.22. The quantitative estimate of drug-likeness (QED) is 0.883. The first-order valence-corrected chi connectivity index (χ1v) is 5.73. The van der Waals surface area contributed by atoms with Crippen LogP contribution in [0.1, 0.15) is 24.8 Å². The lowest BCUT2D eigenvalue weighted by Gasteiger charge is -2.12. The normalized spacial score (nSPS) is 17.2. The zero-order valence-electron chi connectivity index (χ0n) is 9.22. The van der Waals surface area contributed by atoms with Crippen LogP contribution in [0.15, 0.2) is 12.1 Å². The molecule has 0 heterocycles. The van der Waals surface area contributed by atoms with Crippen molar-refractivity contribution in [3.05, 3.63) is 28.5 Å². The van der Waals surface area contributed by atoms with Gasteiger partial charge in [0.05, 0.1) is 12.1 Å². The molecule has 2 N–H and O–H groups in total. The van der Waals surface area contributed by atoms with Gasteiger partial charge in [-0.05, 0) is 37.3 Å². The summed E-state index contributed by atoms with van der Waals surface area (Å²) in [7, 11) is 1.53. The Kier molecular flexibility index (Phi) is 3.08. The zero-order chi connectivity index (χ0) is 11.8. The van der Waals surface area contributed by atoms with Crippen LogP contribution in [0.5, 0.6) is 5.75 Å². The summed E-state index contributed by atoms with van der Waals surface area (Å²) >= 11 is 5.75. The van der Waals surface area contributed by atoms with Gasteiger partial charge in [-0.2, -0.15) is 0 Å². The molecule has 0 aromatic heterocycles. The molecule has 1 aromatic carbocycles. The van der Waals surface area contributed by atoms with Crippen LogP contribution in [0, 0.1) is 5.82 Å². The number of methoxy groups -OCH3 is 1. The highest BCUT2D eigenvalue weighted by Gasteiger charge is 2.37. The minimum Gasteiger partial charge on any atom is -0.496 e. The van der Waals surface area contributed by atoms with Crippen LogP contribution in [-0.2, 0) is 6.42 Å². The van der Waals surface area contributed by atoms with Gasteiger partial charge in [0.25, 0.3) is 0 Å². The van der Waals surface area contributed by atoms with Crippen molar-refractivity contribution >= 4 is 11.6 Å². The van der Waals surface area contributed by atoms with Crippen molar-refractivity contribution in [2.24, 2.45) is 5.73 Å². The molecule has 1 aliphatic carbocycles. The van der Waals surface area contributed by atoms with Gasteiger partial charge in [0, 0.05) is 11.6 Å². The molecular formula is C12H15ClFNO. The Morgan fingerprint density at radius 3 is 2.75 bits per heavy atom. The maximum absolute atomic E-state index is 13.2. The van der Waals surface area contributed by atoms with Gasteiger partial charge in [0.15, 0.2) is 0 Å². The van der Waals surface area contributed by atoms with Crippen molar-refractivity contribution in [2.75, 3.05) is 7.11 Å². The van der Waals surface area contributed by atoms with E-state index >= 15 is 0 Å². The third-order valence-electron chi connectivity index (χ3n) is 3.11. The van der Waals surface area contributed by atoms with Crippen LogP contribution in [0.2, 0.25) is 5.02 Å². The fourth-order valence-corrected chi connectivity index (χ4v) is 1.94. The smallest absolute Gasteiger partial charge is 0.145 e. The molecule has 0 spiro atoms. The summed E-state index contributed by atoms with van der Waals surface area (Å²) in [6.07, 6.45) is 3.82. The Hall–Kier alpha value is -0.800. The Morgan fingerprint density at radius 2 is 2.19 bits per heavy atom. The number of hydrogen-bond acceptors (Lipinski definition) is 2. The summed E-state index contributed by atoms with van der Waals surface area (Å²) in [5.41, 5.74) is 6.92. The van der Waals surface area contributed by atoms with Crippen molar-refractivity contribution < 1.29 is 9.13 Å². The number of benzene rings is 1. The summed E-state index contributed by atoms with van der Waals surface area (Å²) < 4.78 is 18.3. The van der Waals surface area contributed by atoms with E-state index in [1.807, 2.05) is 0 Å². The molecule has 1 aliphatic rings. The largest absolute Gasteiger partial charge is 0.496 e. The molecule has 0 unspecified atom stereocenters. The molecule has 0 aliphatic heterocycles. The van der Waals surface area contributed by atoms with Gasteiger partial charge < -0.3 is 10.5 Å². The molecule has 0 atom stereocenters. The first-order chi connectivity index (χ1) is 7.54. The van der Waals surface area contributed by atoms with E-state index in [0.29, 0.717) is 5.75 Å². The lowest BCUT2D eigenvalue weighted by molar-refractivity contribution is 0.404. The first-order valence-electron chi connectivity index (χ1n) is 5.35. The lowest BCUT2D eigenvalue weighted by Crippen LogP contribution is -2.22. The molecule has 0 saturated heterocycles. The molecule has 1 aromatic rings. The maximum Gasteiger partial charge on any atom is 0.145 e. The summed E-state index contributed by atoms with van der Waals surface area (Å²) in [4.78, 5) is 0. The number of rotatable bonds is 4. The second-order valence-corrected chi connectivity index (χ2v) is 4.85. The highest BCUT2D eigenvalue weighted by molar-refractivity contribution is 6.30. The van der Waals surface area contributed by atoms with Gasteiger partial charge in [0.1, 0.15) is 11.6 Å². The van der Waals surface area contributed by atoms with Crippen LogP contribution < -0.4 is 10.5 Å². The van der Waals surface area contributed by atoms with E-state index in [1.54, 1.807) is 6.07 Å². The van der Waals surface area contributed by atoms with Crippen LogP contribution in [0.3, 0.4) is 0 Å². The van der Waals surface area contributed by atoms with Gasteiger partial charge >= 0.3 is 0 Å². The predicted octanol–water partition coefficient (Wildman–Crippen LogP) is 2.91. The van der Waals surface area contributed by atoms with Crippen molar-refractivity contribution in [1.82, 2.24) is 0 Å². The number of halogens is 2. The van der Waals surface area contributed by atoms with E-state index in [4.69, 9.17) is 22.1 Å². The predicted molar refractivity (Wildman–Crippen MR) is 62.4 cm³/mol. The molecular weight excluding hydrogens is 229 g/mol. The number of aryl methyl sites for hydroxylation is 1. The van der Waals surface area contributed by atoms with E-state index in [9.17, 15) is 4.39 Å². The summed E-state index contributed by atoms with van der Waals surface area (Å²) in [6, 6.07) is 2.95. The SMILES string of the molecule is COc1cc(F)c(Cl)cc1CCC1(N)CC1. The fraction of sp³-hybridized carbons (Fsp3) is 0.500. The molecule has 88 valence electrons. The maximum atomic E-state index is 13.2.